The SMILES string of the molecule is CCOc1cccc(CN2CCN(CC#N)CC2)c1. The third-order valence-electron chi connectivity index (χ3n) is 3.37. The van der Waals surface area contributed by atoms with Crippen molar-refractivity contribution in [3.63, 3.8) is 0 Å². The lowest BCUT2D eigenvalue weighted by atomic mass is 10.2. The van der Waals surface area contributed by atoms with Crippen LogP contribution in [0, 0.1) is 11.3 Å². The molecule has 1 aromatic carbocycles. The quantitative estimate of drug-likeness (QED) is 0.755. The number of nitrogens with zero attached hydrogens (tertiary/aromatic N) is 3. The maximum absolute atomic E-state index is 8.68. The Bertz CT molecular complexity index is 433. The third kappa shape index (κ3) is 4.23. The van der Waals surface area contributed by atoms with Crippen LogP contribution < -0.4 is 4.74 Å². The standard InChI is InChI=1S/C15H21N3O/c1-2-19-15-5-3-4-14(12-15)13-18-10-8-17(7-6-16)9-11-18/h3-5,12H,2,7-11,13H2,1H3. The third-order valence-corrected chi connectivity index (χ3v) is 3.37. The van der Waals surface area contributed by atoms with Gasteiger partial charge in [-0.25, -0.2) is 0 Å². The van der Waals surface area contributed by atoms with Gasteiger partial charge in [-0.05, 0) is 24.6 Å². The summed E-state index contributed by atoms with van der Waals surface area (Å²) in [6, 6.07) is 10.5. The van der Waals surface area contributed by atoms with E-state index in [1.807, 2.05) is 19.1 Å². The number of rotatable bonds is 5. The van der Waals surface area contributed by atoms with E-state index in [4.69, 9.17) is 10.00 Å². The Hall–Kier alpha value is -1.57. The summed E-state index contributed by atoms with van der Waals surface area (Å²) in [4.78, 5) is 4.63. The fourth-order valence-electron chi connectivity index (χ4n) is 2.36. The molecule has 1 aromatic rings. The molecule has 0 spiro atoms. The first-order valence-corrected chi connectivity index (χ1v) is 6.85. The average Bonchev–Trinajstić information content (AvgIpc) is 2.42. The van der Waals surface area contributed by atoms with Crippen molar-refractivity contribution in [1.29, 1.82) is 5.26 Å². The highest BCUT2D eigenvalue weighted by Crippen LogP contribution is 2.15. The molecule has 1 aliphatic heterocycles. The van der Waals surface area contributed by atoms with Crippen LogP contribution in [0.4, 0.5) is 0 Å². The molecule has 0 aromatic heterocycles. The summed E-state index contributed by atoms with van der Waals surface area (Å²) in [6.07, 6.45) is 0. The van der Waals surface area contributed by atoms with Crippen LogP contribution in [0.25, 0.3) is 0 Å². The van der Waals surface area contributed by atoms with Gasteiger partial charge < -0.3 is 4.74 Å². The number of piperazine rings is 1. The minimum atomic E-state index is 0.549. The monoisotopic (exact) mass is 259 g/mol. The maximum atomic E-state index is 8.68. The van der Waals surface area contributed by atoms with E-state index >= 15 is 0 Å². The molecule has 0 saturated carbocycles. The summed E-state index contributed by atoms with van der Waals surface area (Å²) < 4.78 is 5.52. The van der Waals surface area contributed by atoms with Gasteiger partial charge in [0.15, 0.2) is 0 Å². The van der Waals surface area contributed by atoms with E-state index in [2.05, 4.69) is 28.0 Å². The predicted octanol–water partition coefficient (Wildman–Crippen LogP) is 1.73. The van der Waals surface area contributed by atoms with Crippen LogP contribution in [0.1, 0.15) is 12.5 Å². The second kappa shape index (κ2) is 7.13. The smallest absolute Gasteiger partial charge is 0.119 e. The van der Waals surface area contributed by atoms with Gasteiger partial charge in [-0.1, -0.05) is 12.1 Å². The first-order valence-electron chi connectivity index (χ1n) is 6.85. The zero-order valence-electron chi connectivity index (χ0n) is 11.5. The Kier molecular flexibility index (Phi) is 5.20. The van der Waals surface area contributed by atoms with Crippen molar-refractivity contribution in [2.45, 2.75) is 13.5 Å². The molecule has 0 aliphatic carbocycles. The molecule has 0 N–H and O–H groups in total. The number of nitriles is 1. The predicted molar refractivity (Wildman–Crippen MR) is 74.9 cm³/mol. The minimum absolute atomic E-state index is 0.549. The summed E-state index contributed by atoms with van der Waals surface area (Å²) in [5.41, 5.74) is 1.29. The molecule has 2 rings (SSSR count). The van der Waals surface area contributed by atoms with Gasteiger partial charge in [0.05, 0.1) is 19.2 Å². The second-order valence-electron chi connectivity index (χ2n) is 4.79. The first-order chi connectivity index (χ1) is 9.31. The largest absolute Gasteiger partial charge is 0.494 e. The van der Waals surface area contributed by atoms with Crippen LogP contribution >= 0.6 is 0 Å². The topological polar surface area (TPSA) is 39.5 Å². The molecule has 0 bridgehead atoms. The fourth-order valence-corrected chi connectivity index (χ4v) is 2.36. The van der Waals surface area contributed by atoms with Gasteiger partial charge in [-0.15, -0.1) is 0 Å². The van der Waals surface area contributed by atoms with E-state index in [1.165, 1.54) is 5.56 Å². The normalized spacial score (nSPS) is 17.1. The lowest BCUT2D eigenvalue weighted by Gasteiger charge is -2.33. The number of ether oxygens (including phenoxy) is 1. The van der Waals surface area contributed by atoms with E-state index in [0.717, 1.165) is 38.5 Å². The van der Waals surface area contributed by atoms with Crippen LogP contribution in [-0.2, 0) is 6.54 Å². The molecule has 0 amide bonds. The first kappa shape index (κ1) is 13.9. The Balaban J connectivity index is 1.85. The van der Waals surface area contributed by atoms with Crippen LogP contribution in [-0.4, -0.2) is 49.1 Å². The summed E-state index contributed by atoms with van der Waals surface area (Å²) in [6.45, 7) is 8.24. The fraction of sp³-hybridized carbons (Fsp3) is 0.533. The Morgan fingerprint density at radius 1 is 1.21 bits per heavy atom. The van der Waals surface area contributed by atoms with Crippen molar-refractivity contribution in [2.24, 2.45) is 0 Å². The number of hydrogen-bond donors (Lipinski definition) is 0. The molecule has 1 saturated heterocycles. The molecule has 4 heteroatoms. The second-order valence-corrected chi connectivity index (χ2v) is 4.79. The highest BCUT2D eigenvalue weighted by atomic mass is 16.5. The molecule has 19 heavy (non-hydrogen) atoms. The van der Waals surface area contributed by atoms with Crippen molar-refractivity contribution in [1.82, 2.24) is 9.80 Å². The molecular formula is C15H21N3O. The summed E-state index contributed by atoms with van der Waals surface area (Å²) in [5, 5.41) is 8.68. The van der Waals surface area contributed by atoms with Gasteiger partial charge in [0, 0.05) is 32.7 Å². The summed E-state index contributed by atoms with van der Waals surface area (Å²) in [5.74, 6) is 0.947. The number of hydrogen-bond acceptors (Lipinski definition) is 4. The molecule has 0 atom stereocenters. The minimum Gasteiger partial charge on any atom is -0.494 e. The average molecular weight is 259 g/mol. The summed E-state index contributed by atoms with van der Waals surface area (Å²) >= 11 is 0. The highest BCUT2D eigenvalue weighted by molar-refractivity contribution is 5.28. The van der Waals surface area contributed by atoms with E-state index in [0.29, 0.717) is 13.2 Å². The van der Waals surface area contributed by atoms with Crippen molar-refractivity contribution < 1.29 is 4.74 Å². The van der Waals surface area contributed by atoms with E-state index < -0.39 is 0 Å². The Morgan fingerprint density at radius 2 is 1.95 bits per heavy atom. The molecule has 1 aliphatic rings. The van der Waals surface area contributed by atoms with Crippen molar-refractivity contribution in [2.75, 3.05) is 39.3 Å². The Morgan fingerprint density at radius 3 is 2.63 bits per heavy atom. The van der Waals surface area contributed by atoms with E-state index in [1.54, 1.807) is 0 Å². The van der Waals surface area contributed by atoms with Crippen LogP contribution in [0.2, 0.25) is 0 Å². The molecule has 0 unspecified atom stereocenters. The zero-order valence-corrected chi connectivity index (χ0v) is 11.5. The highest BCUT2D eigenvalue weighted by Gasteiger charge is 2.16. The van der Waals surface area contributed by atoms with Gasteiger partial charge in [0.1, 0.15) is 5.75 Å². The molecular weight excluding hydrogens is 238 g/mol. The van der Waals surface area contributed by atoms with E-state index in [9.17, 15) is 0 Å². The lowest BCUT2D eigenvalue weighted by Crippen LogP contribution is -2.45. The van der Waals surface area contributed by atoms with Crippen molar-refractivity contribution >= 4 is 0 Å². The molecule has 4 nitrogen and oxygen atoms in total. The van der Waals surface area contributed by atoms with E-state index in [-0.39, 0.29) is 0 Å². The maximum Gasteiger partial charge on any atom is 0.119 e. The van der Waals surface area contributed by atoms with Crippen LogP contribution in [0.5, 0.6) is 5.75 Å². The van der Waals surface area contributed by atoms with Gasteiger partial charge in [-0.2, -0.15) is 5.26 Å². The number of benzene rings is 1. The summed E-state index contributed by atoms with van der Waals surface area (Å²) in [7, 11) is 0. The molecule has 1 heterocycles. The van der Waals surface area contributed by atoms with Gasteiger partial charge >= 0.3 is 0 Å². The Labute approximate surface area is 115 Å². The molecule has 102 valence electrons. The molecule has 0 radical (unpaired) electrons. The van der Waals surface area contributed by atoms with Gasteiger partial charge in [0.2, 0.25) is 0 Å². The van der Waals surface area contributed by atoms with Crippen LogP contribution in [0.15, 0.2) is 24.3 Å². The lowest BCUT2D eigenvalue weighted by molar-refractivity contribution is 0.138. The molecule has 1 fully saturated rings. The van der Waals surface area contributed by atoms with Crippen molar-refractivity contribution in [3.05, 3.63) is 29.8 Å². The van der Waals surface area contributed by atoms with Gasteiger partial charge in [0.25, 0.3) is 0 Å². The van der Waals surface area contributed by atoms with Crippen molar-refractivity contribution in [3.8, 4) is 11.8 Å². The van der Waals surface area contributed by atoms with Crippen LogP contribution in [0.3, 0.4) is 0 Å². The zero-order chi connectivity index (χ0) is 13.5. The van der Waals surface area contributed by atoms with Gasteiger partial charge in [-0.3, -0.25) is 9.80 Å².